The molecule has 1 saturated carbocycles. The van der Waals surface area contributed by atoms with E-state index in [4.69, 9.17) is 5.73 Å². The molecule has 0 radical (unpaired) electrons. The molecule has 0 bridgehead atoms. The third-order valence-electron chi connectivity index (χ3n) is 4.77. The summed E-state index contributed by atoms with van der Waals surface area (Å²) < 4.78 is 0. The van der Waals surface area contributed by atoms with Crippen molar-refractivity contribution in [3.8, 4) is 0 Å². The third kappa shape index (κ3) is 4.11. The Hall–Kier alpha value is -0.770. The lowest BCUT2D eigenvalue weighted by Crippen LogP contribution is -2.50. The van der Waals surface area contributed by atoms with E-state index in [1.165, 1.54) is 25.7 Å². The molecule has 4 heteroatoms. The van der Waals surface area contributed by atoms with Crippen LogP contribution in [0.2, 0.25) is 0 Å². The Kier molecular flexibility index (Phi) is 6.14. The SMILES string of the molecule is CCCN(C(=O)N1CCCCCC1)C1CCC(N)CC1. The molecular weight excluding hydrogens is 250 g/mol. The average Bonchev–Trinajstić information content (AvgIpc) is 2.74. The third-order valence-corrected chi connectivity index (χ3v) is 4.77. The van der Waals surface area contributed by atoms with E-state index >= 15 is 0 Å². The van der Waals surface area contributed by atoms with Gasteiger partial charge in [0.2, 0.25) is 0 Å². The standard InChI is InChI=1S/C16H31N3O/c1-2-11-19(15-9-7-14(17)8-10-15)16(20)18-12-5-3-4-6-13-18/h14-15H,2-13,17H2,1H3. The van der Waals surface area contributed by atoms with Gasteiger partial charge in [0.25, 0.3) is 0 Å². The van der Waals surface area contributed by atoms with E-state index in [-0.39, 0.29) is 6.03 Å². The molecule has 2 N–H and O–H groups in total. The zero-order valence-electron chi connectivity index (χ0n) is 13.0. The molecule has 1 aliphatic heterocycles. The van der Waals surface area contributed by atoms with Crippen LogP contribution in [0.5, 0.6) is 0 Å². The van der Waals surface area contributed by atoms with Gasteiger partial charge in [-0.1, -0.05) is 19.8 Å². The highest BCUT2D eigenvalue weighted by molar-refractivity contribution is 5.74. The van der Waals surface area contributed by atoms with E-state index in [9.17, 15) is 4.79 Å². The molecule has 0 atom stereocenters. The second-order valence-electron chi connectivity index (χ2n) is 6.45. The lowest BCUT2D eigenvalue weighted by molar-refractivity contribution is 0.118. The molecular formula is C16H31N3O. The summed E-state index contributed by atoms with van der Waals surface area (Å²) in [6.45, 7) is 4.96. The Labute approximate surface area is 123 Å². The summed E-state index contributed by atoms with van der Waals surface area (Å²) in [5, 5.41) is 0. The minimum Gasteiger partial charge on any atom is -0.328 e. The smallest absolute Gasteiger partial charge is 0.320 e. The summed E-state index contributed by atoms with van der Waals surface area (Å²) in [4.78, 5) is 17.1. The fraction of sp³-hybridized carbons (Fsp3) is 0.938. The second-order valence-corrected chi connectivity index (χ2v) is 6.45. The molecule has 0 unspecified atom stereocenters. The van der Waals surface area contributed by atoms with E-state index in [2.05, 4.69) is 16.7 Å². The van der Waals surface area contributed by atoms with Crippen LogP contribution >= 0.6 is 0 Å². The fourth-order valence-corrected chi connectivity index (χ4v) is 3.53. The van der Waals surface area contributed by atoms with Gasteiger partial charge in [-0.15, -0.1) is 0 Å². The Morgan fingerprint density at radius 1 is 1.10 bits per heavy atom. The lowest BCUT2D eigenvalue weighted by Gasteiger charge is -2.38. The van der Waals surface area contributed by atoms with Crippen LogP contribution in [0.1, 0.15) is 64.7 Å². The van der Waals surface area contributed by atoms with Gasteiger partial charge in [-0.3, -0.25) is 0 Å². The second kappa shape index (κ2) is 7.87. The van der Waals surface area contributed by atoms with Crippen molar-refractivity contribution in [3.05, 3.63) is 0 Å². The Morgan fingerprint density at radius 2 is 1.70 bits per heavy atom. The molecule has 1 aliphatic carbocycles. The number of nitrogens with two attached hydrogens (primary N) is 1. The molecule has 0 aromatic carbocycles. The normalized spacial score (nSPS) is 28.0. The summed E-state index contributed by atoms with van der Waals surface area (Å²) in [5.74, 6) is 0. The van der Waals surface area contributed by atoms with E-state index in [1.54, 1.807) is 0 Å². The van der Waals surface area contributed by atoms with Gasteiger partial charge < -0.3 is 15.5 Å². The first kappa shape index (κ1) is 15.6. The number of hydrogen-bond donors (Lipinski definition) is 1. The van der Waals surface area contributed by atoms with Crippen LogP contribution in [0.3, 0.4) is 0 Å². The molecule has 2 rings (SSSR count). The summed E-state index contributed by atoms with van der Waals surface area (Å²) in [6, 6.07) is 1.06. The van der Waals surface area contributed by atoms with Crippen molar-refractivity contribution in [1.82, 2.24) is 9.80 Å². The Bertz CT molecular complexity index is 292. The quantitative estimate of drug-likeness (QED) is 0.864. The number of carbonyl (C=O) groups excluding carboxylic acids is 1. The zero-order chi connectivity index (χ0) is 14.4. The average molecular weight is 281 g/mol. The van der Waals surface area contributed by atoms with Gasteiger partial charge in [-0.05, 0) is 44.9 Å². The van der Waals surface area contributed by atoms with Gasteiger partial charge in [0, 0.05) is 31.7 Å². The maximum atomic E-state index is 12.8. The highest BCUT2D eigenvalue weighted by atomic mass is 16.2. The van der Waals surface area contributed by atoms with Crippen molar-refractivity contribution in [2.45, 2.75) is 76.8 Å². The van der Waals surface area contributed by atoms with Crippen LogP contribution in [0, 0.1) is 0 Å². The first-order chi connectivity index (χ1) is 9.72. The van der Waals surface area contributed by atoms with Crippen molar-refractivity contribution in [1.29, 1.82) is 0 Å². The summed E-state index contributed by atoms with van der Waals surface area (Å²) in [5.41, 5.74) is 6.00. The highest BCUT2D eigenvalue weighted by Gasteiger charge is 2.30. The minimum absolute atomic E-state index is 0.286. The monoisotopic (exact) mass is 281 g/mol. The summed E-state index contributed by atoms with van der Waals surface area (Å²) in [6.07, 6.45) is 10.2. The molecule has 1 saturated heterocycles. The van der Waals surface area contributed by atoms with Crippen molar-refractivity contribution in [3.63, 3.8) is 0 Å². The fourth-order valence-electron chi connectivity index (χ4n) is 3.53. The molecule has 0 aromatic rings. The van der Waals surface area contributed by atoms with Crippen LogP contribution in [0.4, 0.5) is 4.79 Å². The molecule has 0 aromatic heterocycles. The molecule has 20 heavy (non-hydrogen) atoms. The van der Waals surface area contributed by atoms with Gasteiger partial charge in [0.05, 0.1) is 0 Å². The number of amides is 2. The van der Waals surface area contributed by atoms with Crippen molar-refractivity contribution >= 4 is 6.03 Å². The first-order valence-corrected chi connectivity index (χ1v) is 8.53. The van der Waals surface area contributed by atoms with Gasteiger partial charge in [0.15, 0.2) is 0 Å². The van der Waals surface area contributed by atoms with Gasteiger partial charge in [-0.25, -0.2) is 4.79 Å². The van der Waals surface area contributed by atoms with Gasteiger partial charge >= 0.3 is 6.03 Å². The van der Waals surface area contributed by atoms with Crippen molar-refractivity contribution < 1.29 is 4.79 Å². The zero-order valence-corrected chi connectivity index (χ0v) is 13.0. The molecule has 2 fully saturated rings. The number of nitrogens with zero attached hydrogens (tertiary/aromatic N) is 2. The number of likely N-dealkylation sites (tertiary alicyclic amines) is 1. The molecule has 116 valence electrons. The van der Waals surface area contributed by atoms with Crippen molar-refractivity contribution in [2.75, 3.05) is 19.6 Å². The van der Waals surface area contributed by atoms with Crippen LogP contribution in [0.15, 0.2) is 0 Å². The number of urea groups is 1. The summed E-state index contributed by atoms with van der Waals surface area (Å²) in [7, 11) is 0. The molecule has 2 amide bonds. The van der Waals surface area contributed by atoms with Crippen LogP contribution in [0.25, 0.3) is 0 Å². The molecule has 2 aliphatic rings. The van der Waals surface area contributed by atoms with Gasteiger partial charge in [-0.2, -0.15) is 0 Å². The molecule has 0 spiro atoms. The number of hydrogen-bond acceptors (Lipinski definition) is 2. The van der Waals surface area contributed by atoms with Gasteiger partial charge in [0.1, 0.15) is 0 Å². The first-order valence-electron chi connectivity index (χ1n) is 8.53. The van der Waals surface area contributed by atoms with E-state index in [1.807, 2.05) is 0 Å². The minimum atomic E-state index is 0.286. The van der Waals surface area contributed by atoms with Crippen LogP contribution in [-0.2, 0) is 0 Å². The lowest BCUT2D eigenvalue weighted by atomic mass is 9.91. The maximum Gasteiger partial charge on any atom is 0.320 e. The summed E-state index contributed by atoms with van der Waals surface area (Å²) >= 11 is 0. The number of carbonyl (C=O) groups is 1. The van der Waals surface area contributed by atoms with Crippen molar-refractivity contribution in [2.24, 2.45) is 5.73 Å². The predicted octanol–water partition coefficient (Wildman–Crippen LogP) is 2.96. The van der Waals surface area contributed by atoms with E-state index in [0.717, 1.165) is 51.7 Å². The largest absolute Gasteiger partial charge is 0.328 e. The topological polar surface area (TPSA) is 49.6 Å². The Morgan fingerprint density at radius 3 is 2.25 bits per heavy atom. The molecule has 4 nitrogen and oxygen atoms in total. The molecule has 1 heterocycles. The van der Waals surface area contributed by atoms with Crippen LogP contribution < -0.4 is 5.73 Å². The van der Waals surface area contributed by atoms with E-state index in [0.29, 0.717) is 12.1 Å². The predicted molar refractivity (Wildman–Crippen MR) is 82.7 cm³/mol. The highest BCUT2D eigenvalue weighted by Crippen LogP contribution is 2.24. The van der Waals surface area contributed by atoms with E-state index < -0.39 is 0 Å². The van der Waals surface area contributed by atoms with Crippen LogP contribution in [-0.4, -0.2) is 47.5 Å². The number of rotatable bonds is 3. The Balaban J connectivity index is 1.97. The maximum absolute atomic E-state index is 12.8.